The summed E-state index contributed by atoms with van der Waals surface area (Å²) in [4.78, 5) is 10.9. The van der Waals surface area contributed by atoms with E-state index in [0.29, 0.717) is 23.5 Å². The summed E-state index contributed by atoms with van der Waals surface area (Å²) in [6.45, 7) is 1.81. The molecule has 0 bridgehead atoms. The molecule has 0 saturated carbocycles. The van der Waals surface area contributed by atoms with Crippen molar-refractivity contribution < 1.29 is 23.4 Å². The van der Waals surface area contributed by atoms with E-state index in [9.17, 15) is 13.6 Å². The number of allylic oxidation sites excluding steroid dienone is 1. The normalized spacial score (nSPS) is 16.0. The second-order valence-electron chi connectivity index (χ2n) is 7.52. The van der Waals surface area contributed by atoms with Crippen molar-refractivity contribution in [2.24, 2.45) is 0 Å². The Hall–Kier alpha value is -2.26. The number of carboxylic acids is 1. The topological polar surface area (TPSA) is 46.5 Å². The molecule has 0 radical (unpaired) electrons. The van der Waals surface area contributed by atoms with Crippen LogP contribution in [0.15, 0.2) is 48.0 Å². The molecule has 3 nitrogen and oxygen atoms in total. The number of rotatable bonds is 8. The van der Waals surface area contributed by atoms with E-state index in [-0.39, 0.29) is 18.7 Å². The molecule has 0 spiro atoms. The lowest BCUT2D eigenvalue weighted by Gasteiger charge is -2.20. The Bertz CT molecular complexity index is 915. The Labute approximate surface area is 172 Å². The molecule has 0 amide bonds. The number of aryl methyl sites for hydroxylation is 1. The second-order valence-corrected chi connectivity index (χ2v) is 8.60. The zero-order valence-corrected chi connectivity index (χ0v) is 17.5. The average Bonchev–Trinajstić information content (AvgIpc) is 3.13. The van der Waals surface area contributed by atoms with Gasteiger partial charge in [0.25, 0.3) is 0 Å². The molecule has 1 N–H and O–H groups in total. The highest BCUT2D eigenvalue weighted by Crippen LogP contribution is 2.38. The van der Waals surface area contributed by atoms with Crippen LogP contribution in [0.1, 0.15) is 49.3 Å². The number of halogens is 2. The molecule has 29 heavy (non-hydrogen) atoms. The van der Waals surface area contributed by atoms with E-state index in [2.05, 4.69) is 9.24 Å². The van der Waals surface area contributed by atoms with E-state index in [1.54, 1.807) is 30.3 Å². The van der Waals surface area contributed by atoms with Gasteiger partial charge in [0.15, 0.2) is 0 Å². The van der Waals surface area contributed by atoms with Crippen LogP contribution in [-0.2, 0) is 16.6 Å². The molecule has 2 atom stereocenters. The van der Waals surface area contributed by atoms with Gasteiger partial charge < -0.3 is 9.84 Å². The third-order valence-corrected chi connectivity index (χ3v) is 5.47. The number of hydrogen-bond acceptors (Lipinski definition) is 2. The Balaban J connectivity index is 1.78. The van der Waals surface area contributed by atoms with Crippen LogP contribution in [0.2, 0.25) is 0 Å². The molecule has 0 aliphatic heterocycles. The number of carbonyl (C=O) groups is 1. The monoisotopic (exact) mass is 418 g/mol. The Morgan fingerprint density at radius 3 is 2.59 bits per heavy atom. The fraction of sp³-hybridized carbons (Fsp3) is 0.348. The van der Waals surface area contributed by atoms with Crippen LogP contribution in [-0.4, -0.2) is 17.7 Å². The van der Waals surface area contributed by atoms with Crippen LogP contribution >= 0.6 is 9.24 Å². The molecule has 0 aromatic heterocycles. The predicted octanol–water partition coefficient (Wildman–Crippen LogP) is 5.88. The van der Waals surface area contributed by atoms with Crippen molar-refractivity contribution in [2.75, 3.05) is 6.61 Å². The predicted molar refractivity (Wildman–Crippen MR) is 113 cm³/mol. The SMILES string of the molecule is CC(F)(P)c1cc(OCC2=C(c3ccc(F)cc3)CCC2)ccc1CCC(=O)O. The van der Waals surface area contributed by atoms with Crippen LogP contribution in [0, 0.1) is 5.82 Å². The van der Waals surface area contributed by atoms with Crippen molar-refractivity contribution in [1.29, 1.82) is 0 Å². The molecule has 1 aliphatic carbocycles. The van der Waals surface area contributed by atoms with E-state index in [0.717, 1.165) is 24.8 Å². The van der Waals surface area contributed by atoms with Crippen molar-refractivity contribution in [2.45, 2.75) is 44.4 Å². The van der Waals surface area contributed by atoms with Gasteiger partial charge in [-0.25, -0.2) is 8.78 Å². The summed E-state index contributed by atoms with van der Waals surface area (Å²) in [6, 6.07) is 11.6. The van der Waals surface area contributed by atoms with E-state index in [1.807, 2.05) is 0 Å². The summed E-state index contributed by atoms with van der Waals surface area (Å²) in [7, 11) is 2.16. The van der Waals surface area contributed by atoms with Crippen LogP contribution in [0.3, 0.4) is 0 Å². The lowest BCUT2D eigenvalue weighted by molar-refractivity contribution is -0.136. The molecule has 154 valence electrons. The minimum Gasteiger partial charge on any atom is -0.489 e. The van der Waals surface area contributed by atoms with E-state index >= 15 is 0 Å². The molecule has 6 heteroatoms. The lowest BCUT2D eigenvalue weighted by Crippen LogP contribution is -2.11. The van der Waals surface area contributed by atoms with Crippen molar-refractivity contribution in [3.8, 4) is 5.75 Å². The third kappa shape index (κ3) is 5.63. The first-order valence-corrected chi connectivity index (χ1v) is 10.2. The lowest BCUT2D eigenvalue weighted by atomic mass is 9.99. The van der Waals surface area contributed by atoms with Gasteiger partial charge in [-0.05, 0) is 84.7 Å². The first kappa shape index (κ1) is 21.4. The van der Waals surface area contributed by atoms with Crippen LogP contribution in [0.4, 0.5) is 8.78 Å². The van der Waals surface area contributed by atoms with Gasteiger partial charge in [0, 0.05) is 6.42 Å². The van der Waals surface area contributed by atoms with Crippen LogP contribution in [0.5, 0.6) is 5.75 Å². The second kappa shape index (κ2) is 9.04. The fourth-order valence-corrected chi connectivity index (χ4v) is 3.96. The van der Waals surface area contributed by atoms with Crippen LogP contribution in [0.25, 0.3) is 5.57 Å². The molecule has 1 aliphatic rings. The fourth-order valence-electron chi connectivity index (χ4n) is 3.70. The number of aliphatic carboxylic acids is 1. The molecule has 2 aromatic carbocycles. The van der Waals surface area contributed by atoms with Gasteiger partial charge in [-0.1, -0.05) is 27.4 Å². The smallest absolute Gasteiger partial charge is 0.303 e. The minimum atomic E-state index is -1.68. The Morgan fingerprint density at radius 2 is 1.93 bits per heavy atom. The van der Waals surface area contributed by atoms with Crippen molar-refractivity contribution >= 4 is 20.8 Å². The molecule has 0 fully saturated rings. The first-order chi connectivity index (χ1) is 13.7. The van der Waals surface area contributed by atoms with Gasteiger partial charge in [-0.15, -0.1) is 0 Å². The standard InChI is InChI=1S/C23H25F2O3P/c1-23(25,29)21-13-19(11-7-16(21)8-12-22(26)27)28-14-17-3-2-4-20(17)15-5-9-18(24)10-6-15/h5-7,9-11,13H,2-4,8,12,14,29H2,1H3,(H,26,27). The number of benzene rings is 2. The van der Waals surface area contributed by atoms with Gasteiger partial charge in [0.1, 0.15) is 23.6 Å². The summed E-state index contributed by atoms with van der Waals surface area (Å²) in [5.41, 5.74) is 4.44. The molecule has 0 heterocycles. The number of carboxylic acid groups (broad SMARTS) is 1. The first-order valence-electron chi connectivity index (χ1n) is 9.66. The minimum absolute atomic E-state index is 0.0537. The average molecular weight is 418 g/mol. The molecule has 3 rings (SSSR count). The zero-order valence-electron chi connectivity index (χ0n) is 16.4. The quantitative estimate of drug-likeness (QED) is 0.545. The summed E-state index contributed by atoms with van der Waals surface area (Å²) in [5.74, 6) is -0.627. The highest BCUT2D eigenvalue weighted by atomic mass is 31.0. The summed E-state index contributed by atoms with van der Waals surface area (Å²) < 4.78 is 33.8. The Morgan fingerprint density at radius 1 is 1.21 bits per heavy atom. The zero-order chi connectivity index (χ0) is 21.0. The van der Waals surface area contributed by atoms with Gasteiger partial charge in [-0.2, -0.15) is 0 Å². The third-order valence-electron chi connectivity index (χ3n) is 5.15. The molecule has 2 unspecified atom stereocenters. The maximum Gasteiger partial charge on any atom is 0.303 e. The van der Waals surface area contributed by atoms with E-state index < -0.39 is 11.4 Å². The van der Waals surface area contributed by atoms with Crippen molar-refractivity contribution in [3.63, 3.8) is 0 Å². The van der Waals surface area contributed by atoms with Gasteiger partial charge in [-0.3, -0.25) is 4.79 Å². The molecular weight excluding hydrogens is 393 g/mol. The van der Waals surface area contributed by atoms with Gasteiger partial charge >= 0.3 is 5.97 Å². The number of ether oxygens (including phenoxy) is 1. The van der Waals surface area contributed by atoms with Crippen molar-refractivity contribution in [3.05, 3.63) is 70.5 Å². The largest absolute Gasteiger partial charge is 0.489 e. The highest BCUT2D eigenvalue weighted by molar-refractivity contribution is 7.18. The van der Waals surface area contributed by atoms with Gasteiger partial charge in [0.2, 0.25) is 0 Å². The molecule has 2 aromatic rings. The van der Waals surface area contributed by atoms with Crippen LogP contribution < -0.4 is 4.74 Å². The van der Waals surface area contributed by atoms with Gasteiger partial charge in [0.05, 0.1) is 0 Å². The summed E-state index contributed by atoms with van der Waals surface area (Å²) in [6.07, 6.45) is 3.08. The van der Waals surface area contributed by atoms with Crippen molar-refractivity contribution in [1.82, 2.24) is 0 Å². The number of alkyl halides is 1. The maximum absolute atomic E-state index is 14.7. The highest BCUT2D eigenvalue weighted by Gasteiger charge is 2.24. The summed E-state index contributed by atoms with van der Waals surface area (Å²) in [5, 5.41) is 7.23. The molecular formula is C23H25F2O3P. The van der Waals surface area contributed by atoms with E-state index in [4.69, 9.17) is 9.84 Å². The molecule has 0 saturated heterocycles. The Kier molecular flexibility index (Phi) is 6.69. The number of hydrogen-bond donors (Lipinski definition) is 1. The summed E-state index contributed by atoms with van der Waals surface area (Å²) >= 11 is 0. The van der Waals surface area contributed by atoms with E-state index in [1.165, 1.54) is 30.2 Å². The maximum atomic E-state index is 14.7.